The number of hydrogen-bond acceptors (Lipinski definition) is 8. The molecule has 57 heavy (non-hydrogen) atoms. The van der Waals surface area contributed by atoms with Crippen molar-refractivity contribution in [1.82, 2.24) is 24.9 Å². The summed E-state index contributed by atoms with van der Waals surface area (Å²) in [4.78, 5) is 25.3. The third-order valence-electron chi connectivity index (χ3n) is 10.6. The van der Waals surface area contributed by atoms with Gasteiger partial charge in [-0.15, -0.1) is 0 Å². The molecule has 5 heterocycles. The van der Waals surface area contributed by atoms with Gasteiger partial charge in [-0.05, 0) is 54.6 Å². The number of nitrogens with zero attached hydrogens (tertiary/aromatic N) is 5. The van der Waals surface area contributed by atoms with Gasteiger partial charge in [-0.2, -0.15) is 0 Å². The highest BCUT2D eigenvalue weighted by atomic mass is 16.3. The zero-order chi connectivity index (χ0) is 37.5. The van der Waals surface area contributed by atoms with E-state index in [1.807, 2.05) is 140 Å². The van der Waals surface area contributed by atoms with E-state index in [2.05, 4.69) is 24.3 Å². The van der Waals surface area contributed by atoms with Crippen molar-refractivity contribution in [1.29, 1.82) is 0 Å². The highest BCUT2D eigenvalue weighted by Gasteiger charge is 2.22. The molecule has 0 amide bonds. The van der Waals surface area contributed by atoms with E-state index in [1.54, 1.807) is 0 Å². The van der Waals surface area contributed by atoms with Gasteiger partial charge in [-0.25, -0.2) is 24.9 Å². The van der Waals surface area contributed by atoms with E-state index in [1.165, 1.54) is 0 Å². The van der Waals surface area contributed by atoms with Crippen LogP contribution in [-0.2, 0) is 0 Å². The van der Waals surface area contributed by atoms with E-state index in [0.29, 0.717) is 34.5 Å². The van der Waals surface area contributed by atoms with Crippen LogP contribution in [0.1, 0.15) is 0 Å². The fraction of sp³-hybridized carbons (Fsp3) is 0. The van der Waals surface area contributed by atoms with Crippen molar-refractivity contribution in [3.8, 4) is 56.8 Å². The number of furan rings is 3. The number of para-hydroxylation sites is 3. The summed E-state index contributed by atoms with van der Waals surface area (Å²) >= 11 is 0. The SMILES string of the molecule is c1ccc(-c2nc(-c3ccc4c(c3)oc3ccccc34)nc(-c3ccc4oc5c(-c6nc(-c7ccccc7)c7oc8ccccc8c7n6)cccc5c4c3)n2)cc1. The first-order valence-corrected chi connectivity index (χ1v) is 18.7. The fourth-order valence-electron chi connectivity index (χ4n) is 7.83. The van der Waals surface area contributed by atoms with Gasteiger partial charge in [-0.1, -0.05) is 109 Å². The van der Waals surface area contributed by atoms with Gasteiger partial charge in [0.25, 0.3) is 0 Å². The van der Waals surface area contributed by atoms with E-state index in [4.69, 9.17) is 38.2 Å². The van der Waals surface area contributed by atoms with Crippen molar-refractivity contribution in [3.05, 3.63) is 164 Å². The Morgan fingerprint density at radius 3 is 1.67 bits per heavy atom. The first kappa shape index (κ1) is 31.4. The zero-order valence-corrected chi connectivity index (χ0v) is 30.0. The first-order valence-electron chi connectivity index (χ1n) is 18.7. The van der Waals surface area contributed by atoms with Crippen LogP contribution in [-0.4, -0.2) is 24.9 Å². The number of rotatable bonds is 5. The highest BCUT2D eigenvalue weighted by Crippen LogP contribution is 2.40. The smallest absolute Gasteiger partial charge is 0.180 e. The Morgan fingerprint density at radius 1 is 0.298 bits per heavy atom. The van der Waals surface area contributed by atoms with Gasteiger partial charge in [0, 0.05) is 49.2 Å². The van der Waals surface area contributed by atoms with Crippen molar-refractivity contribution in [2.75, 3.05) is 0 Å². The highest BCUT2D eigenvalue weighted by molar-refractivity contribution is 6.12. The zero-order valence-electron chi connectivity index (χ0n) is 30.0. The van der Waals surface area contributed by atoms with Crippen LogP contribution >= 0.6 is 0 Å². The molecule has 0 saturated heterocycles. The topological polar surface area (TPSA) is 104 Å². The van der Waals surface area contributed by atoms with Gasteiger partial charge in [-0.3, -0.25) is 0 Å². The predicted molar refractivity (Wildman–Crippen MR) is 224 cm³/mol. The third kappa shape index (κ3) is 5.04. The van der Waals surface area contributed by atoms with Gasteiger partial charge in [0.05, 0.1) is 5.56 Å². The molecule has 0 radical (unpaired) electrons. The molecule has 8 heteroatoms. The largest absolute Gasteiger partial charge is 0.456 e. The maximum absolute atomic E-state index is 6.64. The quantitative estimate of drug-likeness (QED) is 0.172. The first-order chi connectivity index (χ1) is 28.2. The minimum absolute atomic E-state index is 0.545. The molecule has 0 aliphatic rings. The molecule has 0 spiro atoms. The Morgan fingerprint density at radius 2 is 0.877 bits per heavy atom. The minimum Gasteiger partial charge on any atom is -0.456 e. The monoisotopic (exact) mass is 733 g/mol. The van der Waals surface area contributed by atoms with Gasteiger partial charge in [0.2, 0.25) is 0 Å². The van der Waals surface area contributed by atoms with Crippen molar-refractivity contribution in [3.63, 3.8) is 0 Å². The lowest BCUT2D eigenvalue weighted by Gasteiger charge is -2.08. The van der Waals surface area contributed by atoms with Crippen LogP contribution in [0.3, 0.4) is 0 Å². The summed E-state index contributed by atoms with van der Waals surface area (Å²) in [6.45, 7) is 0. The molecular weight excluding hydrogens is 707 g/mol. The van der Waals surface area contributed by atoms with Crippen LogP contribution in [0.25, 0.3) is 123 Å². The van der Waals surface area contributed by atoms with E-state index < -0.39 is 0 Å². The lowest BCUT2D eigenvalue weighted by Crippen LogP contribution is -2.00. The Labute approximate surface area is 323 Å². The van der Waals surface area contributed by atoms with E-state index in [0.717, 1.165) is 88.3 Å². The molecule has 0 N–H and O–H groups in total. The lowest BCUT2D eigenvalue weighted by atomic mass is 10.1. The fourth-order valence-corrected chi connectivity index (χ4v) is 7.83. The number of aromatic nitrogens is 5. The molecule has 12 rings (SSSR count). The summed E-state index contributed by atoms with van der Waals surface area (Å²) in [6, 6.07) is 54.3. The summed E-state index contributed by atoms with van der Waals surface area (Å²) in [7, 11) is 0. The Kier molecular flexibility index (Phi) is 6.76. The van der Waals surface area contributed by atoms with Crippen LogP contribution in [0, 0.1) is 0 Å². The average Bonchev–Trinajstić information content (AvgIpc) is 3.97. The van der Waals surface area contributed by atoms with Gasteiger partial charge < -0.3 is 13.3 Å². The van der Waals surface area contributed by atoms with Gasteiger partial charge >= 0.3 is 0 Å². The Hall–Kier alpha value is -7.97. The maximum Gasteiger partial charge on any atom is 0.180 e. The molecule has 0 unspecified atom stereocenters. The van der Waals surface area contributed by atoms with Crippen LogP contribution in [0.15, 0.2) is 177 Å². The second kappa shape index (κ2) is 12.3. The molecule has 0 aliphatic heterocycles. The summed E-state index contributed by atoms with van der Waals surface area (Å²) in [5, 5.41) is 4.90. The molecular formula is C49H27N5O3. The molecule has 12 aromatic rings. The van der Waals surface area contributed by atoms with Crippen molar-refractivity contribution >= 4 is 65.9 Å². The Bertz CT molecular complexity index is 3530. The number of hydrogen-bond donors (Lipinski definition) is 0. The summed E-state index contributed by atoms with van der Waals surface area (Å²) in [5.74, 6) is 2.22. The molecule has 0 atom stereocenters. The van der Waals surface area contributed by atoms with Crippen LogP contribution < -0.4 is 0 Å². The molecule has 7 aromatic carbocycles. The van der Waals surface area contributed by atoms with Crippen molar-refractivity contribution < 1.29 is 13.3 Å². The van der Waals surface area contributed by atoms with Crippen LogP contribution in [0.2, 0.25) is 0 Å². The maximum atomic E-state index is 6.64. The second-order valence-electron chi connectivity index (χ2n) is 14.0. The van der Waals surface area contributed by atoms with E-state index in [9.17, 15) is 0 Å². The molecule has 0 saturated carbocycles. The summed E-state index contributed by atoms with van der Waals surface area (Å²) < 4.78 is 19.2. The van der Waals surface area contributed by atoms with E-state index in [-0.39, 0.29) is 0 Å². The molecule has 266 valence electrons. The lowest BCUT2D eigenvalue weighted by molar-refractivity contribution is 0.666. The number of benzene rings is 7. The average molecular weight is 734 g/mol. The molecule has 0 aliphatic carbocycles. The van der Waals surface area contributed by atoms with Crippen LogP contribution in [0.5, 0.6) is 0 Å². The van der Waals surface area contributed by atoms with Gasteiger partial charge in [0.15, 0.2) is 28.9 Å². The molecule has 0 fully saturated rings. The second-order valence-corrected chi connectivity index (χ2v) is 14.0. The van der Waals surface area contributed by atoms with Crippen molar-refractivity contribution in [2.24, 2.45) is 0 Å². The van der Waals surface area contributed by atoms with Crippen LogP contribution in [0.4, 0.5) is 0 Å². The van der Waals surface area contributed by atoms with Crippen molar-refractivity contribution in [2.45, 2.75) is 0 Å². The Balaban J connectivity index is 1.02. The standard InChI is InChI=1S/C49H27N5O3/c1-3-12-28(13-4-1)42-45-43(35-17-8-10-21-39(35)57-45)51-49(50-42)36-19-11-18-34-37-26-30(23-25-40(37)56-44(34)36)47-52-46(29-14-5-2-6-15-29)53-48(54-47)31-22-24-33-32-16-7-9-20-38(32)55-41(33)27-31/h1-27H. The van der Waals surface area contributed by atoms with E-state index >= 15 is 0 Å². The molecule has 5 aromatic heterocycles. The minimum atomic E-state index is 0.545. The molecule has 0 bridgehead atoms. The number of fused-ring (bicyclic) bond motifs is 9. The molecule has 8 nitrogen and oxygen atoms in total. The summed E-state index contributed by atoms with van der Waals surface area (Å²) in [5.41, 5.74) is 10.2. The van der Waals surface area contributed by atoms with Gasteiger partial charge in [0.1, 0.15) is 39.1 Å². The third-order valence-corrected chi connectivity index (χ3v) is 10.6. The summed E-state index contributed by atoms with van der Waals surface area (Å²) in [6.07, 6.45) is 0. The normalized spacial score (nSPS) is 11.9. The predicted octanol–water partition coefficient (Wildman–Crippen LogP) is 12.7.